The third-order valence-electron chi connectivity index (χ3n) is 3.89. The molecule has 0 bridgehead atoms. The van der Waals surface area contributed by atoms with Crippen LogP contribution >= 0.6 is 46.9 Å². The summed E-state index contributed by atoms with van der Waals surface area (Å²) in [6.07, 6.45) is 0. The molecule has 2 aromatic heterocycles. The lowest BCUT2D eigenvalue weighted by molar-refractivity contribution is 0.375. The maximum absolute atomic E-state index is 5.90. The Kier molecular flexibility index (Phi) is 8.52. The number of benzene rings is 1. The van der Waals surface area contributed by atoms with Crippen LogP contribution in [0.25, 0.3) is 11.4 Å². The fourth-order valence-electron chi connectivity index (χ4n) is 2.35. The molecule has 1 aromatic carbocycles. The molecule has 0 fully saturated rings. The molecular formula is C18H21ClIN5OS. The van der Waals surface area contributed by atoms with Gasteiger partial charge < -0.3 is 15.2 Å². The highest BCUT2D eigenvalue weighted by atomic mass is 127. The maximum Gasteiger partial charge on any atom is 0.246 e. The monoisotopic (exact) mass is 517 g/mol. The summed E-state index contributed by atoms with van der Waals surface area (Å²) in [5.74, 6) is 2.12. The van der Waals surface area contributed by atoms with Crippen molar-refractivity contribution in [3.8, 4) is 11.4 Å². The SMILES string of the molecule is CN=C(NCc1nc(-c2ccc(Cl)cc2)no1)NCC(C)c1ccsc1.I. The molecule has 27 heavy (non-hydrogen) atoms. The molecule has 0 radical (unpaired) electrons. The van der Waals surface area contributed by atoms with E-state index in [1.807, 2.05) is 12.1 Å². The van der Waals surface area contributed by atoms with Crippen LogP contribution < -0.4 is 10.6 Å². The Bertz CT molecular complexity index is 851. The molecule has 0 aliphatic carbocycles. The highest BCUT2D eigenvalue weighted by molar-refractivity contribution is 14.0. The first-order chi connectivity index (χ1) is 12.7. The molecule has 0 aliphatic heterocycles. The normalized spacial score (nSPS) is 12.3. The summed E-state index contributed by atoms with van der Waals surface area (Å²) in [5, 5.41) is 15.4. The lowest BCUT2D eigenvalue weighted by atomic mass is 10.1. The predicted molar refractivity (Wildman–Crippen MR) is 121 cm³/mol. The van der Waals surface area contributed by atoms with E-state index in [4.69, 9.17) is 16.1 Å². The van der Waals surface area contributed by atoms with Crippen molar-refractivity contribution in [1.29, 1.82) is 0 Å². The Balaban J connectivity index is 0.00000261. The standard InChI is InChI=1S/C18H20ClN5OS.HI/c1-12(14-7-8-26-11-14)9-21-18(20-2)22-10-16-23-17(24-25-16)13-3-5-15(19)6-4-13;/h3-8,11-12H,9-10H2,1-2H3,(H2,20,21,22);1H. The Hall–Kier alpha value is -1.65. The Morgan fingerprint density at radius 2 is 2.04 bits per heavy atom. The number of aliphatic imine (C=N–C) groups is 1. The highest BCUT2D eigenvalue weighted by Gasteiger charge is 2.10. The van der Waals surface area contributed by atoms with Crippen molar-refractivity contribution in [2.75, 3.05) is 13.6 Å². The van der Waals surface area contributed by atoms with Gasteiger partial charge in [-0.2, -0.15) is 16.3 Å². The van der Waals surface area contributed by atoms with Crippen LogP contribution in [0.5, 0.6) is 0 Å². The van der Waals surface area contributed by atoms with Crippen LogP contribution in [0.4, 0.5) is 0 Å². The van der Waals surface area contributed by atoms with E-state index in [0.29, 0.717) is 35.2 Å². The molecule has 9 heteroatoms. The lowest BCUT2D eigenvalue weighted by Gasteiger charge is -2.14. The molecule has 0 saturated carbocycles. The zero-order chi connectivity index (χ0) is 18.4. The molecule has 0 aliphatic rings. The largest absolute Gasteiger partial charge is 0.356 e. The Labute approximate surface area is 184 Å². The smallest absolute Gasteiger partial charge is 0.246 e. The second kappa shape index (κ2) is 10.6. The van der Waals surface area contributed by atoms with E-state index in [0.717, 1.165) is 12.1 Å². The van der Waals surface area contributed by atoms with Gasteiger partial charge in [-0.05, 0) is 52.6 Å². The zero-order valence-electron chi connectivity index (χ0n) is 15.0. The number of nitrogens with zero attached hydrogens (tertiary/aromatic N) is 3. The fourth-order valence-corrected chi connectivity index (χ4v) is 3.25. The minimum absolute atomic E-state index is 0. The molecule has 0 spiro atoms. The van der Waals surface area contributed by atoms with E-state index in [1.54, 1.807) is 30.5 Å². The first-order valence-electron chi connectivity index (χ1n) is 8.21. The van der Waals surface area contributed by atoms with E-state index in [-0.39, 0.29) is 24.0 Å². The van der Waals surface area contributed by atoms with Crippen molar-refractivity contribution >= 4 is 52.9 Å². The van der Waals surface area contributed by atoms with Gasteiger partial charge in [-0.1, -0.05) is 23.7 Å². The van der Waals surface area contributed by atoms with E-state index < -0.39 is 0 Å². The second-order valence-corrected chi connectivity index (χ2v) is 7.00. The van der Waals surface area contributed by atoms with Gasteiger partial charge in [0.15, 0.2) is 5.96 Å². The molecule has 0 amide bonds. The molecule has 2 N–H and O–H groups in total. The predicted octanol–water partition coefficient (Wildman–Crippen LogP) is 4.54. The van der Waals surface area contributed by atoms with Crippen molar-refractivity contribution in [2.24, 2.45) is 4.99 Å². The van der Waals surface area contributed by atoms with Gasteiger partial charge in [-0.3, -0.25) is 4.99 Å². The third kappa shape index (κ3) is 6.18. The Morgan fingerprint density at radius 3 is 2.70 bits per heavy atom. The number of hydrogen-bond acceptors (Lipinski definition) is 5. The van der Waals surface area contributed by atoms with E-state index >= 15 is 0 Å². The van der Waals surface area contributed by atoms with Crippen molar-refractivity contribution in [3.05, 3.63) is 57.6 Å². The van der Waals surface area contributed by atoms with Crippen LogP contribution in [0, 0.1) is 0 Å². The quantitative estimate of drug-likeness (QED) is 0.285. The molecular weight excluding hydrogens is 497 g/mol. The summed E-state index contributed by atoms with van der Waals surface area (Å²) < 4.78 is 5.29. The van der Waals surface area contributed by atoms with Gasteiger partial charge in [-0.15, -0.1) is 24.0 Å². The summed E-state index contributed by atoms with van der Waals surface area (Å²) in [4.78, 5) is 8.61. The van der Waals surface area contributed by atoms with Crippen LogP contribution in [-0.4, -0.2) is 29.7 Å². The molecule has 0 saturated heterocycles. The van der Waals surface area contributed by atoms with Gasteiger partial charge in [0.25, 0.3) is 0 Å². The number of aromatic nitrogens is 2. The number of halogens is 2. The number of hydrogen-bond donors (Lipinski definition) is 2. The van der Waals surface area contributed by atoms with Gasteiger partial charge in [0, 0.05) is 24.2 Å². The average Bonchev–Trinajstić information content (AvgIpc) is 3.34. The van der Waals surface area contributed by atoms with Gasteiger partial charge >= 0.3 is 0 Å². The lowest BCUT2D eigenvalue weighted by Crippen LogP contribution is -2.38. The van der Waals surface area contributed by atoms with Crippen LogP contribution in [0.3, 0.4) is 0 Å². The molecule has 2 heterocycles. The third-order valence-corrected chi connectivity index (χ3v) is 4.84. The number of rotatable bonds is 6. The summed E-state index contributed by atoms with van der Waals surface area (Å²) in [5.41, 5.74) is 2.18. The van der Waals surface area contributed by atoms with Gasteiger partial charge in [0.2, 0.25) is 11.7 Å². The second-order valence-electron chi connectivity index (χ2n) is 5.78. The van der Waals surface area contributed by atoms with Gasteiger partial charge in [0.1, 0.15) is 0 Å². The van der Waals surface area contributed by atoms with Crippen LogP contribution in [0.15, 0.2) is 50.6 Å². The first kappa shape index (κ1) is 21.6. The maximum atomic E-state index is 5.90. The van der Waals surface area contributed by atoms with Crippen LogP contribution in [0.1, 0.15) is 24.3 Å². The summed E-state index contributed by atoms with van der Waals surface area (Å²) in [6, 6.07) is 9.45. The van der Waals surface area contributed by atoms with Crippen LogP contribution in [0.2, 0.25) is 5.02 Å². The zero-order valence-corrected chi connectivity index (χ0v) is 18.9. The van der Waals surface area contributed by atoms with E-state index in [2.05, 4.69) is 49.5 Å². The number of nitrogens with one attached hydrogen (secondary N) is 2. The van der Waals surface area contributed by atoms with Crippen molar-refractivity contribution < 1.29 is 4.52 Å². The number of thiophene rings is 1. The van der Waals surface area contributed by atoms with Crippen molar-refractivity contribution in [2.45, 2.75) is 19.4 Å². The van der Waals surface area contributed by atoms with Crippen molar-refractivity contribution in [3.63, 3.8) is 0 Å². The fraction of sp³-hybridized carbons (Fsp3) is 0.278. The topological polar surface area (TPSA) is 75.3 Å². The van der Waals surface area contributed by atoms with E-state index in [1.165, 1.54) is 5.56 Å². The molecule has 3 aromatic rings. The summed E-state index contributed by atoms with van der Waals surface area (Å²) in [7, 11) is 1.73. The Morgan fingerprint density at radius 1 is 1.26 bits per heavy atom. The van der Waals surface area contributed by atoms with E-state index in [9.17, 15) is 0 Å². The van der Waals surface area contributed by atoms with Crippen LogP contribution in [-0.2, 0) is 6.54 Å². The molecule has 1 unspecified atom stereocenters. The highest BCUT2D eigenvalue weighted by Crippen LogP contribution is 2.19. The molecule has 6 nitrogen and oxygen atoms in total. The minimum Gasteiger partial charge on any atom is -0.356 e. The molecule has 3 rings (SSSR count). The molecule has 1 atom stereocenters. The average molecular weight is 518 g/mol. The first-order valence-corrected chi connectivity index (χ1v) is 9.53. The molecule has 144 valence electrons. The summed E-state index contributed by atoms with van der Waals surface area (Å²) in [6.45, 7) is 3.36. The van der Waals surface area contributed by atoms with Gasteiger partial charge in [-0.25, -0.2) is 0 Å². The van der Waals surface area contributed by atoms with Crippen molar-refractivity contribution in [1.82, 2.24) is 20.8 Å². The minimum atomic E-state index is 0. The summed E-state index contributed by atoms with van der Waals surface area (Å²) >= 11 is 7.60. The van der Waals surface area contributed by atoms with Gasteiger partial charge in [0.05, 0.1) is 6.54 Å². The number of guanidine groups is 1.